The summed E-state index contributed by atoms with van der Waals surface area (Å²) < 4.78 is 0. The molecule has 2 nitrogen and oxygen atoms in total. The Kier molecular flexibility index (Phi) is 9.65. The molecule has 0 bridgehead atoms. The summed E-state index contributed by atoms with van der Waals surface area (Å²) >= 11 is 0. The molecule has 0 N–H and O–H groups in total. The maximum absolute atomic E-state index is 11.6. The minimum absolute atomic E-state index is 0.321. The number of carbonyl (C=O) groups excluding carboxylic acids is 1. The second-order valence-corrected chi connectivity index (χ2v) is 4.33. The number of hydrogen-bond acceptors (Lipinski definition) is 1. The summed E-state index contributed by atoms with van der Waals surface area (Å²) in [5.74, 6) is 0.321. The summed E-state index contributed by atoms with van der Waals surface area (Å²) in [6.07, 6.45) is 9.09. The van der Waals surface area contributed by atoms with Crippen molar-refractivity contribution in [2.75, 3.05) is 13.6 Å². The van der Waals surface area contributed by atoms with Crippen LogP contribution in [0.25, 0.3) is 0 Å². The molecule has 90 valence electrons. The van der Waals surface area contributed by atoms with Crippen molar-refractivity contribution in [1.82, 2.24) is 4.90 Å². The largest absolute Gasteiger partial charge is 0.346 e. The zero-order chi connectivity index (χ0) is 11.5. The van der Waals surface area contributed by atoms with Crippen LogP contribution in [0, 0.1) is 0 Å². The summed E-state index contributed by atoms with van der Waals surface area (Å²) in [5, 5.41) is 0. The van der Waals surface area contributed by atoms with E-state index in [-0.39, 0.29) is 0 Å². The zero-order valence-electron chi connectivity index (χ0n) is 10.7. The molecular weight excluding hydrogens is 186 g/mol. The van der Waals surface area contributed by atoms with Crippen LogP contribution >= 0.6 is 0 Å². The smallest absolute Gasteiger partial charge is 0.222 e. The number of rotatable bonds is 9. The molecule has 0 rings (SSSR count). The van der Waals surface area contributed by atoms with E-state index in [9.17, 15) is 4.79 Å². The van der Waals surface area contributed by atoms with Crippen LogP contribution < -0.4 is 0 Å². The number of unbranched alkanes of at least 4 members (excludes halogenated alkanes) is 5. The molecule has 0 aliphatic carbocycles. The summed E-state index contributed by atoms with van der Waals surface area (Å²) in [6.45, 7) is 5.31. The van der Waals surface area contributed by atoms with E-state index in [2.05, 4.69) is 13.8 Å². The lowest BCUT2D eigenvalue weighted by molar-refractivity contribution is -0.130. The van der Waals surface area contributed by atoms with E-state index in [0.29, 0.717) is 5.91 Å². The molecule has 0 saturated heterocycles. The lowest BCUT2D eigenvalue weighted by Gasteiger charge is -2.16. The van der Waals surface area contributed by atoms with Gasteiger partial charge in [0.2, 0.25) is 5.91 Å². The van der Waals surface area contributed by atoms with Crippen LogP contribution in [-0.4, -0.2) is 24.4 Å². The predicted molar refractivity (Wildman–Crippen MR) is 65.9 cm³/mol. The van der Waals surface area contributed by atoms with Crippen molar-refractivity contribution in [2.24, 2.45) is 0 Å². The van der Waals surface area contributed by atoms with Crippen LogP contribution in [0.5, 0.6) is 0 Å². The summed E-state index contributed by atoms with van der Waals surface area (Å²) in [6, 6.07) is 0. The fourth-order valence-corrected chi connectivity index (χ4v) is 1.62. The first-order valence-corrected chi connectivity index (χ1v) is 6.46. The summed E-state index contributed by atoms with van der Waals surface area (Å²) in [4.78, 5) is 13.5. The monoisotopic (exact) mass is 213 g/mol. The molecule has 0 spiro atoms. The Bertz CT molecular complexity index is 157. The van der Waals surface area contributed by atoms with Gasteiger partial charge in [-0.25, -0.2) is 0 Å². The van der Waals surface area contributed by atoms with E-state index < -0.39 is 0 Å². The van der Waals surface area contributed by atoms with Gasteiger partial charge in [0, 0.05) is 20.0 Å². The Morgan fingerprint density at radius 2 is 1.53 bits per heavy atom. The van der Waals surface area contributed by atoms with Gasteiger partial charge in [0.25, 0.3) is 0 Å². The van der Waals surface area contributed by atoms with Crippen LogP contribution in [-0.2, 0) is 4.79 Å². The third-order valence-electron chi connectivity index (χ3n) is 2.77. The lowest BCUT2D eigenvalue weighted by atomic mass is 10.1. The van der Waals surface area contributed by atoms with E-state index in [4.69, 9.17) is 0 Å². The quantitative estimate of drug-likeness (QED) is 0.536. The van der Waals surface area contributed by atoms with E-state index in [1.54, 1.807) is 0 Å². The van der Waals surface area contributed by atoms with Gasteiger partial charge >= 0.3 is 0 Å². The van der Waals surface area contributed by atoms with Crippen molar-refractivity contribution in [3.63, 3.8) is 0 Å². The van der Waals surface area contributed by atoms with Crippen molar-refractivity contribution in [3.05, 3.63) is 0 Å². The Labute approximate surface area is 95.0 Å². The Hall–Kier alpha value is -0.530. The first kappa shape index (κ1) is 14.5. The molecule has 0 aliphatic heterocycles. The third kappa shape index (κ3) is 8.46. The molecule has 0 saturated carbocycles. The van der Waals surface area contributed by atoms with Crippen LogP contribution in [0.15, 0.2) is 0 Å². The Morgan fingerprint density at radius 3 is 2.13 bits per heavy atom. The first-order valence-electron chi connectivity index (χ1n) is 6.46. The van der Waals surface area contributed by atoms with Crippen LogP contribution in [0.1, 0.15) is 65.2 Å². The Morgan fingerprint density at radius 1 is 0.933 bits per heavy atom. The van der Waals surface area contributed by atoms with Gasteiger partial charge in [0.1, 0.15) is 0 Å². The van der Waals surface area contributed by atoms with Gasteiger partial charge in [-0.3, -0.25) is 4.79 Å². The lowest BCUT2D eigenvalue weighted by Crippen LogP contribution is -2.27. The van der Waals surface area contributed by atoms with Crippen molar-refractivity contribution < 1.29 is 4.79 Å². The van der Waals surface area contributed by atoms with Gasteiger partial charge in [-0.1, -0.05) is 46.0 Å². The predicted octanol–water partition coefficient (Wildman–Crippen LogP) is 3.61. The maximum Gasteiger partial charge on any atom is 0.222 e. The van der Waals surface area contributed by atoms with Gasteiger partial charge < -0.3 is 4.90 Å². The highest BCUT2D eigenvalue weighted by Crippen LogP contribution is 2.05. The normalized spacial score (nSPS) is 10.3. The molecule has 2 heteroatoms. The van der Waals surface area contributed by atoms with Crippen molar-refractivity contribution >= 4 is 5.91 Å². The van der Waals surface area contributed by atoms with Crippen molar-refractivity contribution in [2.45, 2.75) is 65.2 Å². The number of amides is 1. The maximum atomic E-state index is 11.6. The highest BCUT2D eigenvalue weighted by atomic mass is 16.2. The molecule has 1 amide bonds. The molecule has 0 heterocycles. The molecular formula is C13H27NO. The van der Waals surface area contributed by atoms with Gasteiger partial charge in [-0.05, 0) is 12.8 Å². The van der Waals surface area contributed by atoms with Crippen LogP contribution in [0.4, 0.5) is 0 Å². The molecule has 15 heavy (non-hydrogen) atoms. The first-order chi connectivity index (χ1) is 7.22. The topological polar surface area (TPSA) is 20.3 Å². The average Bonchev–Trinajstić information content (AvgIpc) is 2.24. The molecule has 0 aromatic heterocycles. The van der Waals surface area contributed by atoms with E-state index in [0.717, 1.165) is 25.8 Å². The fourth-order valence-electron chi connectivity index (χ4n) is 1.62. The Balaban J connectivity index is 3.42. The SMILES string of the molecule is CCCCCCC(=O)N(C)CCCCC. The van der Waals surface area contributed by atoms with E-state index >= 15 is 0 Å². The molecule has 0 aliphatic rings. The molecule has 0 aromatic rings. The van der Waals surface area contributed by atoms with Crippen LogP contribution in [0.3, 0.4) is 0 Å². The van der Waals surface area contributed by atoms with E-state index in [1.807, 2.05) is 11.9 Å². The van der Waals surface area contributed by atoms with Gasteiger partial charge in [0.15, 0.2) is 0 Å². The number of hydrogen-bond donors (Lipinski definition) is 0. The zero-order valence-corrected chi connectivity index (χ0v) is 10.7. The van der Waals surface area contributed by atoms with Gasteiger partial charge in [-0.2, -0.15) is 0 Å². The van der Waals surface area contributed by atoms with Crippen molar-refractivity contribution in [3.8, 4) is 0 Å². The highest BCUT2D eigenvalue weighted by Gasteiger charge is 2.06. The average molecular weight is 213 g/mol. The molecule has 0 unspecified atom stereocenters. The molecule has 0 fully saturated rings. The van der Waals surface area contributed by atoms with Gasteiger partial charge in [-0.15, -0.1) is 0 Å². The molecule has 0 radical (unpaired) electrons. The van der Waals surface area contributed by atoms with Crippen LogP contribution in [0.2, 0.25) is 0 Å². The molecule has 0 aromatic carbocycles. The van der Waals surface area contributed by atoms with Crippen molar-refractivity contribution in [1.29, 1.82) is 0 Å². The number of carbonyl (C=O) groups is 1. The minimum atomic E-state index is 0.321. The fraction of sp³-hybridized carbons (Fsp3) is 0.923. The van der Waals surface area contributed by atoms with Gasteiger partial charge in [0.05, 0.1) is 0 Å². The summed E-state index contributed by atoms with van der Waals surface area (Å²) in [7, 11) is 1.93. The highest BCUT2D eigenvalue weighted by molar-refractivity contribution is 5.75. The number of nitrogens with zero attached hydrogens (tertiary/aromatic N) is 1. The standard InChI is InChI=1S/C13H27NO/c1-4-6-8-9-11-13(15)14(3)12-10-7-5-2/h4-12H2,1-3H3. The summed E-state index contributed by atoms with van der Waals surface area (Å²) in [5.41, 5.74) is 0. The second kappa shape index (κ2) is 10.0. The van der Waals surface area contributed by atoms with E-state index in [1.165, 1.54) is 32.1 Å². The second-order valence-electron chi connectivity index (χ2n) is 4.33. The minimum Gasteiger partial charge on any atom is -0.346 e. The third-order valence-corrected chi connectivity index (χ3v) is 2.77. The molecule has 0 atom stereocenters.